The van der Waals surface area contributed by atoms with E-state index in [1.165, 1.54) is 7.11 Å². The lowest BCUT2D eigenvalue weighted by Gasteiger charge is -2.10. The zero-order valence-electron chi connectivity index (χ0n) is 13.0. The summed E-state index contributed by atoms with van der Waals surface area (Å²) in [4.78, 5) is 20.4. The molecule has 0 fully saturated rings. The minimum absolute atomic E-state index is 0.241. The summed E-state index contributed by atoms with van der Waals surface area (Å²) in [6.07, 6.45) is 3.19. The van der Waals surface area contributed by atoms with E-state index in [0.29, 0.717) is 22.7 Å². The first-order chi connectivity index (χ1) is 11.8. The van der Waals surface area contributed by atoms with E-state index in [-0.39, 0.29) is 11.9 Å². The molecule has 0 unspecified atom stereocenters. The molecule has 1 amide bonds. The Hall–Kier alpha value is -3.41. The SMILES string of the molecule is COc1ccccc1C(=O)Nc1cccc(Oc2ncccn2)c1. The normalized spacial score (nSPS) is 10.0. The monoisotopic (exact) mass is 321 g/mol. The molecule has 120 valence electrons. The Morgan fingerprint density at radius 3 is 2.58 bits per heavy atom. The summed E-state index contributed by atoms with van der Waals surface area (Å²) in [6, 6.07) is 16.0. The average molecular weight is 321 g/mol. The third kappa shape index (κ3) is 3.67. The molecule has 0 atom stereocenters. The topological polar surface area (TPSA) is 73.3 Å². The van der Waals surface area contributed by atoms with Crippen LogP contribution in [-0.4, -0.2) is 23.0 Å². The van der Waals surface area contributed by atoms with Gasteiger partial charge in [0.25, 0.3) is 5.91 Å². The molecule has 3 rings (SSSR count). The van der Waals surface area contributed by atoms with Crippen molar-refractivity contribution in [3.8, 4) is 17.5 Å². The predicted molar refractivity (Wildman–Crippen MR) is 89.5 cm³/mol. The van der Waals surface area contributed by atoms with E-state index in [0.717, 1.165) is 0 Å². The zero-order chi connectivity index (χ0) is 16.8. The molecule has 0 aliphatic heterocycles. The van der Waals surface area contributed by atoms with Gasteiger partial charge in [-0.1, -0.05) is 18.2 Å². The van der Waals surface area contributed by atoms with E-state index in [9.17, 15) is 4.79 Å². The minimum atomic E-state index is -0.263. The van der Waals surface area contributed by atoms with Crippen LogP contribution in [0.15, 0.2) is 67.0 Å². The van der Waals surface area contributed by atoms with Gasteiger partial charge in [0.05, 0.1) is 12.7 Å². The maximum absolute atomic E-state index is 12.4. The molecule has 2 aromatic carbocycles. The largest absolute Gasteiger partial charge is 0.496 e. The Labute approximate surface area is 139 Å². The molecule has 0 radical (unpaired) electrons. The van der Waals surface area contributed by atoms with E-state index in [2.05, 4.69) is 15.3 Å². The standard InChI is InChI=1S/C18H15N3O3/c1-23-16-9-3-2-8-15(16)17(22)21-13-6-4-7-14(12-13)24-18-19-10-5-11-20-18/h2-12H,1H3,(H,21,22). The second kappa shape index (κ2) is 7.23. The molecular weight excluding hydrogens is 306 g/mol. The van der Waals surface area contributed by atoms with E-state index >= 15 is 0 Å². The summed E-state index contributed by atoms with van der Waals surface area (Å²) in [5.74, 6) is 0.777. The van der Waals surface area contributed by atoms with Crippen LogP contribution in [0.1, 0.15) is 10.4 Å². The number of ether oxygens (including phenoxy) is 2. The van der Waals surface area contributed by atoms with Gasteiger partial charge in [0.15, 0.2) is 0 Å². The lowest BCUT2D eigenvalue weighted by atomic mass is 10.2. The number of carbonyl (C=O) groups excluding carboxylic acids is 1. The van der Waals surface area contributed by atoms with Crippen molar-refractivity contribution in [3.05, 3.63) is 72.6 Å². The Morgan fingerprint density at radius 1 is 1.00 bits per heavy atom. The Kier molecular flexibility index (Phi) is 4.67. The number of hydrogen-bond acceptors (Lipinski definition) is 5. The van der Waals surface area contributed by atoms with Gasteiger partial charge in [-0.25, -0.2) is 9.97 Å². The number of nitrogens with one attached hydrogen (secondary N) is 1. The minimum Gasteiger partial charge on any atom is -0.496 e. The number of hydrogen-bond donors (Lipinski definition) is 1. The van der Waals surface area contributed by atoms with Crippen molar-refractivity contribution in [2.45, 2.75) is 0 Å². The van der Waals surface area contributed by atoms with Crippen LogP contribution in [0.2, 0.25) is 0 Å². The van der Waals surface area contributed by atoms with Crippen molar-refractivity contribution >= 4 is 11.6 Å². The van der Waals surface area contributed by atoms with Crippen molar-refractivity contribution in [1.82, 2.24) is 9.97 Å². The number of nitrogens with zero attached hydrogens (tertiary/aromatic N) is 2. The van der Waals surface area contributed by atoms with Gasteiger partial charge in [-0.3, -0.25) is 4.79 Å². The molecule has 24 heavy (non-hydrogen) atoms. The van der Waals surface area contributed by atoms with Crippen LogP contribution in [0.3, 0.4) is 0 Å². The fourth-order valence-electron chi connectivity index (χ4n) is 2.11. The summed E-state index contributed by atoms with van der Waals surface area (Å²) >= 11 is 0. The number of benzene rings is 2. The van der Waals surface area contributed by atoms with Crippen molar-refractivity contribution in [2.75, 3.05) is 12.4 Å². The van der Waals surface area contributed by atoms with Crippen molar-refractivity contribution in [3.63, 3.8) is 0 Å². The van der Waals surface area contributed by atoms with Crippen LogP contribution in [0.25, 0.3) is 0 Å². The molecule has 1 heterocycles. The van der Waals surface area contributed by atoms with E-state index in [1.54, 1.807) is 60.9 Å². The molecule has 1 N–H and O–H groups in total. The van der Waals surface area contributed by atoms with Crippen LogP contribution in [-0.2, 0) is 0 Å². The number of para-hydroxylation sites is 1. The number of methoxy groups -OCH3 is 1. The first-order valence-electron chi connectivity index (χ1n) is 7.25. The van der Waals surface area contributed by atoms with Gasteiger partial charge in [0.2, 0.25) is 0 Å². The quantitative estimate of drug-likeness (QED) is 0.778. The first-order valence-corrected chi connectivity index (χ1v) is 7.25. The fourth-order valence-corrected chi connectivity index (χ4v) is 2.11. The molecule has 0 saturated heterocycles. The first kappa shape index (κ1) is 15.5. The number of aromatic nitrogens is 2. The van der Waals surface area contributed by atoms with Crippen molar-refractivity contribution in [1.29, 1.82) is 0 Å². The number of anilines is 1. The molecule has 1 aromatic heterocycles. The van der Waals surface area contributed by atoms with Crippen LogP contribution in [0, 0.1) is 0 Å². The maximum atomic E-state index is 12.4. The average Bonchev–Trinajstić information content (AvgIpc) is 2.63. The molecule has 6 heteroatoms. The third-order valence-corrected chi connectivity index (χ3v) is 3.19. The molecule has 6 nitrogen and oxygen atoms in total. The zero-order valence-corrected chi connectivity index (χ0v) is 13.0. The molecule has 0 bridgehead atoms. The number of rotatable bonds is 5. The van der Waals surface area contributed by atoms with Gasteiger partial charge in [-0.05, 0) is 30.3 Å². The second-order valence-electron chi connectivity index (χ2n) is 4.82. The smallest absolute Gasteiger partial charge is 0.321 e. The number of carbonyl (C=O) groups is 1. The van der Waals surface area contributed by atoms with Gasteiger partial charge < -0.3 is 14.8 Å². The molecule has 0 aliphatic rings. The van der Waals surface area contributed by atoms with Crippen LogP contribution < -0.4 is 14.8 Å². The lowest BCUT2D eigenvalue weighted by Crippen LogP contribution is -2.13. The van der Waals surface area contributed by atoms with Gasteiger partial charge in [-0.2, -0.15) is 0 Å². The summed E-state index contributed by atoms with van der Waals surface area (Å²) in [5, 5.41) is 2.82. The highest BCUT2D eigenvalue weighted by molar-refractivity contribution is 6.06. The summed E-state index contributed by atoms with van der Waals surface area (Å²) < 4.78 is 10.8. The van der Waals surface area contributed by atoms with Gasteiger partial charge >= 0.3 is 6.01 Å². The second-order valence-corrected chi connectivity index (χ2v) is 4.82. The van der Waals surface area contributed by atoms with Crippen LogP contribution in [0.5, 0.6) is 17.5 Å². The van der Waals surface area contributed by atoms with Gasteiger partial charge in [0, 0.05) is 24.1 Å². The third-order valence-electron chi connectivity index (χ3n) is 3.19. The predicted octanol–water partition coefficient (Wildman–Crippen LogP) is 3.53. The highest BCUT2D eigenvalue weighted by Crippen LogP contribution is 2.23. The molecular formula is C18H15N3O3. The molecule has 0 spiro atoms. The Bertz CT molecular complexity index is 838. The van der Waals surface area contributed by atoms with Crippen molar-refractivity contribution in [2.24, 2.45) is 0 Å². The van der Waals surface area contributed by atoms with Crippen LogP contribution >= 0.6 is 0 Å². The van der Waals surface area contributed by atoms with Gasteiger partial charge in [-0.15, -0.1) is 0 Å². The molecule has 0 saturated carbocycles. The molecule has 3 aromatic rings. The van der Waals surface area contributed by atoms with E-state index in [1.807, 2.05) is 6.07 Å². The maximum Gasteiger partial charge on any atom is 0.321 e. The van der Waals surface area contributed by atoms with E-state index in [4.69, 9.17) is 9.47 Å². The van der Waals surface area contributed by atoms with E-state index < -0.39 is 0 Å². The summed E-state index contributed by atoms with van der Waals surface area (Å²) in [5.41, 5.74) is 1.05. The highest BCUT2D eigenvalue weighted by atomic mass is 16.5. The lowest BCUT2D eigenvalue weighted by molar-refractivity contribution is 0.102. The number of amides is 1. The summed E-state index contributed by atoms with van der Waals surface area (Å²) in [6.45, 7) is 0. The van der Waals surface area contributed by atoms with Gasteiger partial charge in [0.1, 0.15) is 11.5 Å². The van der Waals surface area contributed by atoms with Crippen LogP contribution in [0.4, 0.5) is 5.69 Å². The summed E-state index contributed by atoms with van der Waals surface area (Å²) in [7, 11) is 1.53. The highest BCUT2D eigenvalue weighted by Gasteiger charge is 2.12. The Balaban J connectivity index is 1.76. The Morgan fingerprint density at radius 2 is 1.79 bits per heavy atom. The molecule has 0 aliphatic carbocycles. The fraction of sp³-hybridized carbons (Fsp3) is 0.0556. The van der Waals surface area contributed by atoms with Crippen molar-refractivity contribution < 1.29 is 14.3 Å².